The van der Waals surface area contributed by atoms with Gasteiger partial charge < -0.3 is 10.6 Å². The number of imide groups is 1. The highest BCUT2D eigenvalue weighted by molar-refractivity contribution is 7.18. The van der Waals surface area contributed by atoms with Gasteiger partial charge in [0.1, 0.15) is 16.7 Å². The molecule has 0 radical (unpaired) electrons. The molecule has 1 aliphatic heterocycles. The molecule has 0 aromatic carbocycles. The fourth-order valence-corrected chi connectivity index (χ4v) is 3.14. The second-order valence-electron chi connectivity index (χ2n) is 4.87. The fourth-order valence-electron chi connectivity index (χ4n) is 2.26. The van der Waals surface area contributed by atoms with Crippen LogP contribution in [0.2, 0.25) is 0 Å². The Labute approximate surface area is 125 Å². The standard InChI is InChI=1S/C13H15N5O2S/c1-6-5-7-10(17-13(14-2)18-12(7)21-6)15-8-3-4-9(19)16-11(8)20/h5,8H,3-4H2,1-2H3,(H,16,19,20)(H2,14,15,17,18). The number of carbonyl (C=O) groups is 2. The summed E-state index contributed by atoms with van der Waals surface area (Å²) in [4.78, 5) is 33.8. The number of nitrogens with one attached hydrogen (secondary N) is 3. The smallest absolute Gasteiger partial charge is 0.249 e. The van der Waals surface area contributed by atoms with Crippen LogP contribution in [0.3, 0.4) is 0 Å². The molecule has 2 aromatic heterocycles. The van der Waals surface area contributed by atoms with E-state index >= 15 is 0 Å². The largest absolute Gasteiger partial charge is 0.358 e. The average Bonchev–Trinajstić information content (AvgIpc) is 2.82. The Morgan fingerprint density at radius 1 is 1.38 bits per heavy atom. The molecular formula is C13H15N5O2S. The average molecular weight is 305 g/mol. The predicted octanol–water partition coefficient (Wildman–Crippen LogP) is 1.26. The number of aryl methyl sites for hydroxylation is 1. The molecule has 3 N–H and O–H groups in total. The highest BCUT2D eigenvalue weighted by Crippen LogP contribution is 2.30. The number of piperidine rings is 1. The lowest BCUT2D eigenvalue weighted by Crippen LogP contribution is -2.47. The summed E-state index contributed by atoms with van der Waals surface area (Å²) in [5.41, 5.74) is 0. The third kappa shape index (κ3) is 2.66. The summed E-state index contributed by atoms with van der Waals surface area (Å²) in [6.07, 6.45) is 0.799. The molecule has 0 bridgehead atoms. The van der Waals surface area contributed by atoms with Gasteiger partial charge in [-0.25, -0.2) is 4.98 Å². The predicted molar refractivity (Wildman–Crippen MR) is 81.5 cm³/mol. The summed E-state index contributed by atoms with van der Waals surface area (Å²) in [6.45, 7) is 2.00. The Morgan fingerprint density at radius 2 is 2.19 bits per heavy atom. The zero-order valence-corrected chi connectivity index (χ0v) is 12.5. The molecule has 21 heavy (non-hydrogen) atoms. The quantitative estimate of drug-likeness (QED) is 0.739. The van der Waals surface area contributed by atoms with Crippen LogP contribution in [0.5, 0.6) is 0 Å². The van der Waals surface area contributed by atoms with Crippen LogP contribution in [0.4, 0.5) is 11.8 Å². The summed E-state index contributed by atoms with van der Waals surface area (Å²) in [5.74, 6) is 0.575. The lowest BCUT2D eigenvalue weighted by atomic mass is 10.1. The lowest BCUT2D eigenvalue weighted by Gasteiger charge is -2.22. The number of hydrogen-bond donors (Lipinski definition) is 3. The second kappa shape index (κ2) is 5.28. The van der Waals surface area contributed by atoms with Crippen LogP contribution in [0.15, 0.2) is 6.07 Å². The van der Waals surface area contributed by atoms with Crippen LogP contribution >= 0.6 is 11.3 Å². The first-order valence-corrected chi connectivity index (χ1v) is 7.44. The van der Waals surface area contributed by atoms with E-state index in [0.717, 1.165) is 15.1 Å². The molecule has 0 spiro atoms. The molecule has 110 valence electrons. The lowest BCUT2D eigenvalue weighted by molar-refractivity contribution is -0.133. The van der Waals surface area contributed by atoms with Gasteiger partial charge in [-0.3, -0.25) is 14.9 Å². The fraction of sp³-hybridized carbons (Fsp3) is 0.385. The van der Waals surface area contributed by atoms with Gasteiger partial charge in [-0.2, -0.15) is 4.98 Å². The van der Waals surface area contributed by atoms with Crippen molar-refractivity contribution in [3.05, 3.63) is 10.9 Å². The van der Waals surface area contributed by atoms with Crippen molar-refractivity contribution >= 4 is 45.1 Å². The Morgan fingerprint density at radius 3 is 2.90 bits per heavy atom. The zero-order chi connectivity index (χ0) is 15.0. The Kier molecular flexibility index (Phi) is 3.46. The highest BCUT2D eigenvalue weighted by atomic mass is 32.1. The SMILES string of the molecule is CNc1nc(NC2CCC(=O)NC2=O)c2cc(C)sc2n1. The molecule has 1 fully saturated rings. The van der Waals surface area contributed by atoms with E-state index < -0.39 is 6.04 Å². The minimum atomic E-state index is -0.453. The van der Waals surface area contributed by atoms with Crippen molar-refractivity contribution in [2.24, 2.45) is 0 Å². The van der Waals surface area contributed by atoms with Gasteiger partial charge in [0.2, 0.25) is 17.8 Å². The van der Waals surface area contributed by atoms with Crippen molar-refractivity contribution in [3.63, 3.8) is 0 Å². The van der Waals surface area contributed by atoms with Crippen molar-refractivity contribution in [1.29, 1.82) is 0 Å². The maximum Gasteiger partial charge on any atom is 0.249 e. The van der Waals surface area contributed by atoms with E-state index in [-0.39, 0.29) is 11.8 Å². The maximum absolute atomic E-state index is 11.9. The molecule has 1 saturated heterocycles. The normalized spacial score (nSPS) is 18.7. The van der Waals surface area contributed by atoms with E-state index in [0.29, 0.717) is 24.6 Å². The van der Waals surface area contributed by atoms with Gasteiger partial charge >= 0.3 is 0 Å². The summed E-state index contributed by atoms with van der Waals surface area (Å²) < 4.78 is 0. The van der Waals surface area contributed by atoms with E-state index in [9.17, 15) is 9.59 Å². The molecular weight excluding hydrogens is 290 g/mol. The van der Waals surface area contributed by atoms with Crippen LogP contribution in [0, 0.1) is 6.92 Å². The molecule has 8 heteroatoms. The van der Waals surface area contributed by atoms with Crippen molar-refractivity contribution in [1.82, 2.24) is 15.3 Å². The van der Waals surface area contributed by atoms with Crippen LogP contribution in [0.25, 0.3) is 10.2 Å². The van der Waals surface area contributed by atoms with Gasteiger partial charge in [0, 0.05) is 18.3 Å². The molecule has 1 unspecified atom stereocenters. The second-order valence-corrected chi connectivity index (χ2v) is 6.10. The van der Waals surface area contributed by atoms with Gasteiger partial charge in [-0.1, -0.05) is 0 Å². The van der Waals surface area contributed by atoms with E-state index in [2.05, 4.69) is 25.9 Å². The summed E-state index contributed by atoms with van der Waals surface area (Å²) in [7, 11) is 1.75. The number of nitrogens with zero attached hydrogens (tertiary/aromatic N) is 2. The molecule has 1 aliphatic rings. The van der Waals surface area contributed by atoms with E-state index in [1.54, 1.807) is 18.4 Å². The number of anilines is 2. The topological polar surface area (TPSA) is 96.0 Å². The third-order valence-corrected chi connectivity index (χ3v) is 4.23. The van der Waals surface area contributed by atoms with Crippen LogP contribution < -0.4 is 16.0 Å². The number of rotatable bonds is 3. The van der Waals surface area contributed by atoms with Gasteiger partial charge in [0.25, 0.3) is 0 Å². The third-order valence-electron chi connectivity index (χ3n) is 3.29. The summed E-state index contributed by atoms with van der Waals surface area (Å²) in [5, 5.41) is 9.27. The molecule has 2 aromatic rings. The van der Waals surface area contributed by atoms with Crippen LogP contribution in [-0.4, -0.2) is 34.9 Å². The first-order chi connectivity index (χ1) is 10.1. The minimum Gasteiger partial charge on any atom is -0.358 e. The van der Waals surface area contributed by atoms with Crippen molar-refractivity contribution in [2.45, 2.75) is 25.8 Å². The van der Waals surface area contributed by atoms with Crippen LogP contribution in [-0.2, 0) is 9.59 Å². The molecule has 7 nitrogen and oxygen atoms in total. The van der Waals surface area contributed by atoms with Crippen molar-refractivity contribution in [2.75, 3.05) is 17.7 Å². The number of hydrogen-bond acceptors (Lipinski definition) is 7. The van der Waals surface area contributed by atoms with E-state index in [1.807, 2.05) is 13.0 Å². The van der Waals surface area contributed by atoms with Gasteiger partial charge in [0.15, 0.2) is 0 Å². The number of amides is 2. The maximum atomic E-state index is 11.9. The Balaban J connectivity index is 1.95. The van der Waals surface area contributed by atoms with Gasteiger partial charge in [0.05, 0.1) is 5.39 Å². The van der Waals surface area contributed by atoms with E-state index in [4.69, 9.17) is 0 Å². The number of aromatic nitrogens is 2. The molecule has 1 atom stereocenters. The van der Waals surface area contributed by atoms with Crippen molar-refractivity contribution < 1.29 is 9.59 Å². The number of fused-ring (bicyclic) bond motifs is 1. The number of thiophene rings is 1. The first kappa shape index (κ1) is 13.7. The minimum absolute atomic E-state index is 0.229. The molecule has 2 amide bonds. The molecule has 0 aliphatic carbocycles. The van der Waals surface area contributed by atoms with Crippen molar-refractivity contribution in [3.8, 4) is 0 Å². The Bertz CT molecular complexity index is 727. The van der Waals surface area contributed by atoms with Gasteiger partial charge in [-0.05, 0) is 19.4 Å². The highest BCUT2D eigenvalue weighted by Gasteiger charge is 2.27. The molecule has 3 rings (SSSR count). The summed E-state index contributed by atoms with van der Waals surface area (Å²) in [6, 6.07) is 1.54. The zero-order valence-electron chi connectivity index (χ0n) is 11.7. The monoisotopic (exact) mass is 305 g/mol. The molecule has 3 heterocycles. The van der Waals surface area contributed by atoms with E-state index in [1.165, 1.54) is 0 Å². The Hall–Kier alpha value is -2.22. The number of carbonyl (C=O) groups excluding carboxylic acids is 2. The summed E-state index contributed by atoms with van der Waals surface area (Å²) >= 11 is 1.57. The first-order valence-electron chi connectivity index (χ1n) is 6.63. The molecule has 0 saturated carbocycles. The van der Waals surface area contributed by atoms with Gasteiger partial charge in [-0.15, -0.1) is 11.3 Å². The van der Waals surface area contributed by atoms with Crippen LogP contribution in [0.1, 0.15) is 17.7 Å².